The minimum Gasteiger partial charge on any atom is -0.368 e. The molecule has 0 bridgehead atoms. The van der Waals surface area contributed by atoms with Crippen molar-refractivity contribution >= 4 is 17.3 Å². The second-order valence-corrected chi connectivity index (χ2v) is 4.10. The summed E-state index contributed by atoms with van der Waals surface area (Å²) in [7, 11) is 1.74. The molecule has 0 aliphatic rings. The average molecular weight is 222 g/mol. The van der Waals surface area contributed by atoms with Crippen LogP contribution in [0.2, 0.25) is 0 Å². The minimum absolute atomic E-state index is 0.000293. The molecule has 0 aliphatic heterocycles. The molecule has 0 saturated carbocycles. The molecule has 2 N–H and O–H groups in total. The Labute approximate surface area is 90.2 Å². The van der Waals surface area contributed by atoms with Gasteiger partial charge in [-0.15, -0.1) is 0 Å². The Morgan fingerprint density at radius 3 is 2.80 bits per heavy atom. The summed E-state index contributed by atoms with van der Waals surface area (Å²) in [6, 6.07) is 1.74. The molecule has 2 rings (SSSR count). The lowest BCUT2D eigenvalue weighted by Crippen LogP contribution is -2.08. The Bertz CT molecular complexity index is 557. The second-order valence-electron chi connectivity index (χ2n) is 3.14. The highest BCUT2D eigenvalue weighted by Gasteiger charge is 2.11. The van der Waals surface area contributed by atoms with E-state index in [9.17, 15) is 4.79 Å². The smallest absolute Gasteiger partial charge is 0.307 e. The third-order valence-corrected chi connectivity index (χ3v) is 3.36. The summed E-state index contributed by atoms with van der Waals surface area (Å²) in [6.45, 7) is 1.88. The Hall–Kier alpha value is -1.69. The monoisotopic (exact) mass is 222 g/mol. The zero-order valence-electron chi connectivity index (χ0n) is 8.39. The van der Waals surface area contributed by atoms with Crippen LogP contribution in [0.4, 0.5) is 5.95 Å². The van der Waals surface area contributed by atoms with Crippen LogP contribution in [-0.4, -0.2) is 14.5 Å². The van der Waals surface area contributed by atoms with E-state index in [-0.39, 0.29) is 10.8 Å². The maximum atomic E-state index is 11.4. The van der Waals surface area contributed by atoms with Crippen molar-refractivity contribution in [3.8, 4) is 10.6 Å². The van der Waals surface area contributed by atoms with Gasteiger partial charge in [0.05, 0.1) is 10.6 Å². The zero-order chi connectivity index (χ0) is 11.0. The lowest BCUT2D eigenvalue weighted by Gasteiger charge is -1.99. The zero-order valence-corrected chi connectivity index (χ0v) is 9.21. The fourth-order valence-corrected chi connectivity index (χ4v) is 2.21. The van der Waals surface area contributed by atoms with E-state index < -0.39 is 0 Å². The first-order chi connectivity index (χ1) is 7.09. The van der Waals surface area contributed by atoms with Crippen molar-refractivity contribution < 1.29 is 0 Å². The number of anilines is 1. The van der Waals surface area contributed by atoms with E-state index in [4.69, 9.17) is 5.73 Å². The minimum atomic E-state index is -0.000293. The molecule has 5 nitrogen and oxygen atoms in total. The van der Waals surface area contributed by atoms with Crippen LogP contribution < -0.4 is 10.6 Å². The van der Waals surface area contributed by atoms with Crippen molar-refractivity contribution in [1.82, 2.24) is 14.5 Å². The number of aromatic nitrogens is 3. The summed E-state index contributed by atoms with van der Waals surface area (Å²) in [4.78, 5) is 20.2. The van der Waals surface area contributed by atoms with Crippen LogP contribution in [0.15, 0.2) is 17.1 Å². The van der Waals surface area contributed by atoms with Gasteiger partial charge in [0.25, 0.3) is 0 Å². The lowest BCUT2D eigenvalue weighted by atomic mass is 10.3. The SMILES string of the molecule is Cc1c(-c2ccnc(N)n2)sc(=O)n1C. The summed E-state index contributed by atoms with van der Waals surface area (Å²) >= 11 is 1.16. The molecule has 2 aromatic heterocycles. The quantitative estimate of drug-likeness (QED) is 0.774. The topological polar surface area (TPSA) is 73.8 Å². The highest BCUT2D eigenvalue weighted by Crippen LogP contribution is 2.23. The third-order valence-electron chi connectivity index (χ3n) is 2.20. The van der Waals surface area contributed by atoms with E-state index in [1.54, 1.807) is 23.9 Å². The lowest BCUT2D eigenvalue weighted by molar-refractivity contribution is 0.854. The summed E-state index contributed by atoms with van der Waals surface area (Å²) < 4.78 is 1.60. The van der Waals surface area contributed by atoms with Gasteiger partial charge in [-0.3, -0.25) is 4.79 Å². The molecule has 15 heavy (non-hydrogen) atoms. The Morgan fingerprint density at radius 1 is 1.53 bits per heavy atom. The summed E-state index contributed by atoms with van der Waals surface area (Å²) in [6.07, 6.45) is 1.58. The van der Waals surface area contributed by atoms with Crippen molar-refractivity contribution in [2.45, 2.75) is 6.92 Å². The van der Waals surface area contributed by atoms with Crippen LogP contribution in [0.1, 0.15) is 5.69 Å². The van der Waals surface area contributed by atoms with Crippen LogP contribution in [-0.2, 0) is 7.05 Å². The molecular formula is C9H10N4OS. The summed E-state index contributed by atoms with van der Waals surface area (Å²) in [5, 5.41) is 0. The van der Waals surface area contributed by atoms with E-state index in [0.717, 1.165) is 21.9 Å². The molecule has 0 radical (unpaired) electrons. The predicted molar refractivity (Wildman–Crippen MR) is 59.7 cm³/mol. The molecule has 0 saturated heterocycles. The van der Waals surface area contributed by atoms with Gasteiger partial charge >= 0.3 is 4.87 Å². The van der Waals surface area contributed by atoms with E-state index in [2.05, 4.69) is 9.97 Å². The number of nitrogen functional groups attached to an aromatic ring is 1. The predicted octanol–water partition coefficient (Wildman–Crippen LogP) is 0.794. The molecule has 0 amide bonds. The van der Waals surface area contributed by atoms with Gasteiger partial charge in [0.15, 0.2) is 0 Å². The van der Waals surface area contributed by atoms with Crippen molar-refractivity contribution in [2.24, 2.45) is 7.05 Å². The van der Waals surface area contributed by atoms with Gasteiger partial charge < -0.3 is 10.3 Å². The highest BCUT2D eigenvalue weighted by atomic mass is 32.1. The molecule has 2 aromatic rings. The first-order valence-electron chi connectivity index (χ1n) is 4.35. The van der Waals surface area contributed by atoms with Crippen LogP contribution in [0, 0.1) is 6.92 Å². The van der Waals surface area contributed by atoms with Crippen LogP contribution in [0.25, 0.3) is 10.6 Å². The third kappa shape index (κ3) is 1.63. The molecule has 78 valence electrons. The van der Waals surface area contributed by atoms with E-state index in [1.807, 2.05) is 6.92 Å². The van der Waals surface area contributed by atoms with Gasteiger partial charge in [-0.05, 0) is 13.0 Å². The molecule has 0 unspecified atom stereocenters. The number of nitrogens with zero attached hydrogens (tertiary/aromatic N) is 3. The number of hydrogen-bond donors (Lipinski definition) is 1. The molecule has 0 fully saturated rings. The van der Waals surface area contributed by atoms with Crippen LogP contribution in [0.5, 0.6) is 0 Å². The molecule has 0 aromatic carbocycles. The molecule has 0 atom stereocenters. The number of nitrogens with two attached hydrogens (primary N) is 1. The first kappa shape index (κ1) is 9.85. The maximum absolute atomic E-state index is 11.4. The first-order valence-corrected chi connectivity index (χ1v) is 5.16. The number of thiazole rings is 1. The van der Waals surface area contributed by atoms with Crippen LogP contribution in [0.3, 0.4) is 0 Å². The normalized spacial score (nSPS) is 10.5. The number of rotatable bonds is 1. The Balaban J connectivity index is 2.64. The molecule has 6 heteroatoms. The van der Waals surface area contributed by atoms with Gasteiger partial charge in [0.2, 0.25) is 5.95 Å². The standard InChI is InChI=1S/C9H10N4OS/c1-5-7(15-9(14)13(5)2)6-3-4-11-8(10)12-6/h3-4H,1-2H3,(H2,10,11,12). The second kappa shape index (κ2) is 3.47. The van der Waals surface area contributed by atoms with Crippen molar-refractivity contribution in [1.29, 1.82) is 0 Å². The van der Waals surface area contributed by atoms with Gasteiger partial charge in [0.1, 0.15) is 0 Å². The fraction of sp³-hybridized carbons (Fsp3) is 0.222. The van der Waals surface area contributed by atoms with E-state index in [0.29, 0.717) is 5.69 Å². The van der Waals surface area contributed by atoms with Crippen molar-refractivity contribution in [2.75, 3.05) is 5.73 Å². The van der Waals surface area contributed by atoms with E-state index in [1.165, 1.54) is 0 Å². The summed E-state index contributed by atoms with van der Waals surface area (Å²) in [5.41, 5.74) is 7.08. The molecule has 0 spiro atoms. The highest BCUT2D eigenvalue weighted by molar-refractivity contribution is 7.13. The largest absolute Gasteiger partial charge is 0.368 e. The number of hydrogen-bond acceptors (Lipinski definition) is 5. The maximum Gasteiger partial charge on any atom is 0.307 e. The Morgan fingerprint density at radius 2 is 2.27 bits per heavy atom. The molecular weight excluding hydrogens is 212 g/mol. The molecule has 2 heterocycles. The van der Waals surface area contributed by atoms with Crippen molar-refractivity contribution in [3.05, 3.63) is 27.6 Å². The van der Waals surface area contributed by atoms with Crippen LogP contribution >= 0.6 is 11.3 Å². The van der Waals surface area contributed by atoms with Gasteiger partial charge in [-0.1, -0.05) is 11.3 Å². The van der Waals surface area contributed by atoms with Gasteiger partial charge in [-0.2, -0.15) is 0 Å². The van der Waals surface area contributed by atoms with Crippen molar-refractivity contribution in [3.63, 3.8) is 0 Å². The molecule has 0 aliphatic carbocycles. The Kier molecular flexibility index (Phi) is 2.28. The fourth-order valence-electron chi connectivity index (χ4n) is 1.26. The average Bonchev–Trinajstić information content (AvgIpc) is 2.46. The summed E-state index contributed by atoms with van der Waals surface area (Å²) in [5.74, 6) is 0.218. The van der Waals surface area contributed by atoms with Gasteiger partial charge in [0, 0.05) is 18.9 Å². The van der Waals surface area contributed by atoms with E-state index >= 15 is 0 Å². The van der Waals surface area contributed by atoms with Gasteiger partial charge in [-0.25, -0.2) is 9.97 Å².